The van der Waals surface area contributed by atoms with Crippen molar-refractivity contribution < 1.29 is 14.7 Å². The fraction of sp³-hybridized carbons (Fsp3) is 0.480. The maximum atomic E-state index is 13.0. The first kappa shape index (κ1) is 20.9. The Morgan fingerprint density at radius 3 is 2.44 bits per heavy atom. The van der Waals surface area contributed by atoms with E-state index in [0.717, 1.165) is 51.9 Å². The molecule has 0 spiro atoms. The van der Waals surface area contributed by atoms with E-state index in [-0.39, 0.29) is 5.91 Å². The normalized spacial score (nSPS) is 22.1. The molecule has 1 amide bonds. The van der Waals surface area contributed by atoms with Crippen molar-refractivity contribution in [2.45, 2.75) is 50.7 Å². The Balaban J connectivity index is 1.17. The molecule has 3 aliphatic rings. The first-order chi connectivity index (χ1) is 15.6. The fourth-order valence-corrected chi connectivity index (χ4v) is 5.43. The average molecular weight is 435 g/mol. The van der Waals surface area contributed by atoms with Gasteiger partial charge in [0.2, 0.25) is 0 Å². The van der Waals surface area contributed by atoms with Crippen molar-refractivity contribution in [3.8, 4) is 0 Å². The molecule has 2 aromatic rings. The Bertz CT molecular complexity index is 985. The number of rotatable bonds is 4. The molecule has 1 aromatic carbocycles. The summed E-state index contributed by atoms with van der Waals surface area (Å²) in [6.45, 7) is 4.31. The monoisotopic (exact) mass is 434 g/mol. The van der Waals surface area contributed by atoms with Gasteiger partial charge in [0.1, 0.15) is 11.9 Å². The summed E-state index contributed by atoms with van der Waals surface area (Å²) in [5.74, 6) is -0.164. The third kappa shape index (κ3) is 4.09. The summed E-state index contributed by atoms with van der Waals surface area (Å²) in [6.07, 6.45) is 6.17. The second-order valence-electron chi connectivity index (χ2n) is 9.11. The second-order valence-corrected chi connectivity index (χ2v) is 9.11. The van der Waals surface area contributed by atoms with Crippen LogP contribution in [0.3, 0.4) is 0 Å². The van der Waals surface area contributed by atoms with E-state index >= 15 is 0 Å². The van der Waals surface area contributed by atoms with Gasteiger partial charge in [-0.25, -0.2) is 9.78 Å². The molecule has 0 aliphatic carbocycles. The Hall–Kier alpha value is -2.93. The van der Waals surface area contributed by atoms with Gasteiger partial charge < -0.3 is 14.9 Å². The lowest BCUT2D eigenvalue weighted by Crippen LogP contribution is -2.48. The highest BCUT2D eigenvalue weighted by molar-refractivity contribution is 5.94. The number of benzene rings is 1. The summed E-state index contributed by atoms with van der Waals surface area (Å²) >= 11 is 0. The number of carboxylic acids is 1. The first-order valence-electron chi connectivity index (χ1n) is 11.7. The third-order valence-electron chi connectivity index (χ3n) is 7.26. The predicted molar refractivity (Wildman–Crippen MR) is 122 cm³/mol. The number of amides is 1. The van der Waals surface area contributed by atoms with Gasteiger partial charge >= 0.3 is 5.97 Å². The summed E-state index contributed by atoms with van der Waals surface area (Å²) in [6, 6.07) is 12.3. The summed E-state index contributed by atoms with van der Waals surface area (Å²) < 4.78 is 0. The van der Waals surface area contributed by atoms with Crippen LogP contribution in [0.4, 0.5) is 5.82 Å². The Kier molecular flexibility index (Phi) is 5.83. The highest BCUT2D eigenvalue weighted by atomic mass is 16.4. The van der Waals surface area contributed by atoms with E-state index in [0.29, 0.717) is 30.4 Å². The molecule has 0 radical (unpaired) electrons. The van der Waals surface area contributed by atoms with Crippen molar-refractivity contribution in [1.29, 1.82) is 0 Å². The van der Waals surface area contributed by atoms with Crippen molar-refractivity contribution in [2.24, 2.45) is 0 Å². The molecular formula is C25H30N4O3. The van der Waals surface area contributed by atoms with E-state index in [9.17, 15) is 14.7 Å². The van der Waals surface area contributed by atoms with Crippen molar-refractivity contribution >= 4 is 17.7 Å². The van der Waals surface area contributed by atoms with E-state index in [4.69, 9.17) is 0 Å². The van der Waals surface area contributed by atoms with Crippen molar-refractivity contribution in [2.75, 3.05) is 31.1 Å². The molecule has 32 heavy (non-hydrogen) atoms. The Morgan fingerprint density at radius 1 is 0.938 bits per heavy atom. The molecule has 2 fully saturated rings. The SMILES string of the molecule is O=C(O)C1CCCN1c1ccc(C(=O)N2CCC(N3CCc4ccccc4C3)CC2)cn1. The van der Waals surface area contributed by atoms with E-state index < -0.39 is 12.0 Å². The number of hydrogen-bond donors (Lipinski definition) is 1. The van der Waals surface area contributed by atoms with E-state index in [2.05, 4.69) is 34.1 Å². The van der Waals surface area contributed by atoms with Crippen LogP contribution in [-0.2, 0) is 17.8 Å². The lowest BCUT2D eigenvalue weighted by molar-refractivity contribution is -0.138. The lowest BCUT2D eigenvalue weighted by Gasteiger charge is -2.40. The van der Waals surface area contributed by atoms with Crippen LogP contribution in [-0.4, -0.2) is 70.0 Å². The van der Waals surface area contributed by atoms with Crippen LogP contribution < -0.4 is 4.90 Å². The summed E-state index contributed by atoms with van der Waals surface area (Å²) in [5, 5.41) is 9.39. The van der Waals surface area contributed by atoms with Gasteiger partial charge in [-0.1, -0.05) is 24.3 Å². The predicted octanol–water partition coefficient (Wildman–Crippen LogP) is 2.80. The smallest absolute Gasteiger partial charge is 0.326 e. The lowest BCUT2D eigenvalue weighted by atomic mass is 9.95. The zero-order valence-corrected chi connectivity index (χ0v) is 18.3. The zero-order chi connectivity index (χ0) is 22.1. The van der Waals surface area contributed by atoms with Crippen molar-refractivity contribution in [3.05, 3.63) is 59.3 Å². The number of carbonyl (C=O) groups excluding carboxylic acids is 1. The molecule has 1 atom stereocenters. The van der Waals surface area contributed by atoms with Crippen LogP contribution in [0.25, 0.3) is 0 Å². The quantitative estimate of drug-likeness (QED) is 0.798. The zero-order valence-electron chi connectivity index (χ0n) is 18.3. The molecule has 2 saturated heterocycles. The van der Waals surface area contributed by atoms with Crippen LogP contribution >= 0.6 is 0 Å². The van der Waals surface area contributed by atoms with E-state index in [1.807, 2.05) is 9.80 Å². The Morgan fingerprint density at radius 2 is 1.72 bits per heavy atom. The van der Waals surface area contributed by atoms with Crippen molar-refractivity contribution in [3.63, 3.8) is 0 Å². The number of nitrogens with zero attached hydrogens (tertiary/aromatic N) is 4. The van der Waals surface area contributed by atoms with Gasteiger partial charge in [0.25, 0.3) is 5.91 Å². The number of aromatic nitrogens is 1. The molecule has 1 unspecified atom stereocenters. The number of carboxylic acid groups (broad SMARTS) is 1. The Labute approximate surface area is 188 Å². The minimum Gasteiger partial charge on any atom is -0.480 e. The number of anilines is 1. The molecule has 168 valence electrons. The number of pyridine rings is 1. The minimum atomic E-state index is -0.815. The molecule has 1 aromatic heterocycles. The van der Waals surface area contributed by atoms with Crippen LogP contribution in [0.2, 0.25) is 0 Å². The van der Waals surface area contributed by atoms with Gasteiger partial charge in [-0.05, 0) is 55.4 Å². The summed E-state index contributed by atoms with van der Waals surface area (Å²) in [7, 11) is 0. The largest absolute Gasteiger partial charge is 0.480 e. The number of fused-ring (bicyclic) bond motifs is 1. The summed E-state index contributed by atoms with van der Waals surface area (Å²) in [5.41, 5.74) is 3.48. The third-order valence-corrected chi connectivity index (χ3v) is 7.26. The molecule has 7 nitrogen and oxygen atoms in total. The number of piperidine rings is 1. The van der Waals surface area contributed by atoms with Crippen LogP contribution in [0.15, 0.2) is 42.6 Å². The molecule has 7 heteroatoms. The fourth-order valence-electron chi connectivity index (χ4n) is 5.43. The topological polar surface area (TPSA) is 77.0 Å². The van der Waals surface area contributed by atoms with E-state index in [1.54, 1.807) is 18.3 Å². The standard InChI is InChI=1S/C25H30N4O3/c30-24(19-7-8-23(26-16-19)29-12-3-6-22(29)25(31)32)27-14-10-21(11-15-27)28-13-9-18-4-1-2-5-20(18)17-28/h1-2,4-5,7-8,16,21-22H,3,6,9-15,17H2,(H,31,32). The molecule has 3 aliphatic heterocycles. The number of carbonyl (C=O) groups is 2. The number of aliphatic carboxylic acids is 1. The average Bonchev–Trinajstić information content (AvgIpc) is 3.34. The minimum absolute atomic E-state index is 0.0164. The van der Waals surface area contributed by atoms with Gasteiger partial charge in [0.05, 0.1) is 5.56 Å². The van der Waals surface area contributed by atoms with Crippen LogP contribution in [0.5, 0.6) is 0 Å². The molecule has 1 N–H and O–H groups in total. The van der Waals surface area contributed by atoms with Gasteiger partial charge in [-0.15, -0.1) is 0 Å². The highest BCUT2D eigenvalue weighted by Crippen LogP contribution is 2.27. The molecule has 0 bridgehead atoms. The van der Waals surface area contributed by atoms with Crippen molar-refractivity contribution in [1.82, 2.24) is 14.8 Å². The highest BCUT2D eigenvalue weighted by Gasteiger charge is 2.32. The number of likely N-dealkylation sites (tertiary alicyclic amines) is 1. The second kappa shape index (κ2) is 8.90. The van der Waals surface area contributed by atoms with E-state index in [1.165, 1.54) is 11.1 Å². The van der Waals surface area contributed by atoms with Gasteiger partial charge in [0.15, 0.2) is 0 Å². The molecule has 5 rings (SSSR count). The first-order valence-corrected chi connectivity index (χ1v) is 11.7. The van der Waals surface area contributed by atoms with Crippen LogP contribution in [0, 0.1) is 0 Å². The van der Waals surface area contributed by atoms with Gasteiger partial charge in [-0.3, -0.25) is 9.69 Å². The maximum absolute atomic E-state index is 13.0. The molecule has 0 saturated carbocycles. The molecule has 4 heterocycles. The van der Waals surface area contributed by atoms with Gasteiger partial charge in [0, 0.05) is 45.0 Å². The summed E-state index contributed by atoms with van der Waals surface area (Å²) in [4.78, 5) is 35.2. The number of hydrogen-bond acceptors (Lipinski definition) is 5. The molecular weight excluding hydrogens is 404 g/mol. The van der Waals surface area contributed by atoms with Gasteiger partial charge in [-0.2, -0.15) is 0 Å². The van der Waals surface area contributed by atoms with Crippen LogP contribution in [0.1, 0.15) is 47.2 Å². The maximum Gasteiger partial charge on any atom is 0.326 e.